The fourth-order valence-electron chi connectivity index (χ4n) is 3.25. The lowest BCUT2D eigenvalue weighted by molar-refractivity contribution is 0.0995. The number of nitrogens with one attached hydrogen (secondary N) is 2. The van der Waals surface area contributed by atoms with E-state index in [4.69, 9.17) is 5.73 Å². The zero-order valence-electron chi connectivity index (χ0n) is 15.4. The number of fused-ring (bicyclic) bond motifs is 1. The molecule has 0 aliphatic carbocycles. The molecule has 9 nitrogen and oxygen atoms in total. The van der Waals surface area contributed by atoms with Crippen molar-refractivity contribution < 1.29 is 4.79 Å². The van der Waals surface area contributed by atoms with Gasteiger partial charge in [-0.1, -0.05) is 12.1 Å². The van der Waals surface area contributed by atoms with Crippen LogP contribution >= 0.6 is 0 Å². The molecular formula is C19H19N7O2. The molecule has 4 N–H and O–H groups in total. The number of rotatable bonds is 4. The smallest absolute Gasteiger partial charge is 0.345 e. The van der Waals surface area contributed by atoms with Crippen molar-refractivity contribution in [1.82, 2.24) is 15.0 Å². The standard InChI is InChI=1S/C19H19N7O2/c1-25(2)11-7-8-21-13(9-11)18-23-12-5-3-4-6-14(12)26(18)15-10-22-19(28)24-16(15)17(20)27/h3-10,18,23H,1-2H3,(H2,20,27)(H,22,24,28). The van der Waals surface area contributed by atoms with Gasteiger partial charge in [0.15, 0.2) is 0 Å². The predicted octanol–water partition coefficient (Wildman–Crippen LogP) is 1.59. The summed E-state index contributed by atoms with van der Waals surface area (Å²) in [5.41, 5.74) is 8.67. The van der Waals surface area contributed by atoms with Crippen molar-refractivity contribution in [2.45, 2.75) is 6.17 Å². The van der Waals surface area contributed by atoms with Gasteiger partial charge >= 0.3 is 5.69 Å². The molecule has 3 aromatic rings. The minimum Gasteiger partial charge on any atom is -0.378 e. The number of nitrogens with zero attached hydrogens (tertiary/aromatic N) is 4. The maximum Gasteiger partial charge on any atom is 0.345 e. The zero-order valence-corrected chi connectivity index (χ0v) is 15.4. The van der Waals surface area contributed by atoms with E-state index in [9.17, 15) is 9.59 Å². The summed E-state index contributed by atoms with van der Waals surface area (Å²) in [6.07, 6.45) is 2.67. The highest BCUT2D eigenvalue weighted by atomic mass is 16.2. The second kappa shape index (κ2) is 6.69. The van der Waals surface area contributed by atoms with Crippen LogP contribution in [0.3, 0.4) is 0 Å². The molecule has 1 aromatic carbocycles. The number of nitrogens with two attached hydrogens (primary N) is 1. The first-order valence-electron chi connectivity index (χ1n) is 8.63. The number of aromatic nitrogens is 3. The molecule has 0 saturated heterocycles. The van der Waals surface area contributed by atoms with Gasteiger partial charge in [-0.2, -0.15) is 4.98 Å². The second-order valence-corrected chi connectivity index (χ2v) is 6.58. The Kier molecular flexibility index (Phi) is 4.19. The van der Waals surface area contributed by atoms with E-state index in [2.05, 4.69) is 20.3 Å². The molecule has 4 rings (SSSR count). The second-order valence-electron chi connectivity index (χ2n) is 6.58. The molecule has 1 aliphatic rings. The summed E-state index contributed by atoms with van der Waals surface area (Å²) in [5.74, 6) is -0.743. The van der Waals surface area contributed by atoms with E-state index in [1.165, 1.54) is 6.20 Å². The molecule has 0 bridgehead atoms. The Morgan fingerprint density at radius 2 is 1.96 bits per heavy atom. The van der Waals surface area contributed by atoms with E-state index in [1.807, 2.05) is 60.3 Å². The molecule has 1 unspecified atom stereocenters. The number of carbonyl (C=O) groups is 1. The van der Waals surface area contributed by atoms with Crippen molar-refractivity contribution in [2.75, 3.05) is 29.2 Å². The van der Waals surface area contributed by atoms with Gasteiger partial charge in [-0.25, -0.2) is 4.79 Å². The normalized spacial score (nSPS) is 15.1. The molecule has 9 heteroatoms. The predicted molar refractivity (Wildman–Crippen MR) is 107 cm³/mol. The third-order valence-corrected chi connectivity index (χ3v) is 4.57. The Morgan fingerprint density at radius 3 is 2.71 bits per heavy atom. The minimum atomic E-state index is -0.743. The van der Waals surface area contributed by atoms with Crippen LogP contribution in [0.4, 0.5) is 22.7 Å². The molecule has 1 aliphatic heterocycles. The Morgan fingerprint density at radius 1 is 1.18 bits per heavy atom. The number of hydrogen-bond donors (Lipinski definition) is 3. The van der Waals surface area contributed by atoms with Crippen LogP contribution in [0.5, 0.6) is 0 Å². The first-order chi connectivity index (χ1) is 13.5. The number of para-hydroxylation sites is 2. The Hall–Kier alpha value is -3.88. The number of amides is 1. The van der Waals surface area contributed by atoms with Crippen molar-refractivity contribution in [1.29, 1.82) is 0 Å². The summed E-state index contributed by atoms with van der Waals surface area (Å²) >= 11 is 0. The molecule has 0 radical (unpaired) electrons. The van der Waals surface area contributed by atoms with Crippen molar-refractivity contribution in [3.8, 4) is 0 Å². The Bertz CT molecular complexity index is 1110. The van der Waals surface area contributed by atoms with E-state index in [-0.39, 0.29) is 5.69 Å². The first kappa shape index (κ1) is 17.5. The number of pyridine rings is 1. The molecule has 1 atom stereocenters. The summed E-state index contributed by atoms with van der Waals surface area (Å²) < 4.78 is 0. The number of benzene rings is 1. The van der Waals surface area contributed by atoms with Gasteiger partial charge in [0, 0.05) is 26.0 Å². The van der Waals surface area contributed by atoms with Crippen molar-refractivity contribution in [3.05, 3.63) is 70.7 Å². The lowest BCUT2D eigenvalue weighted by atomic mass is 10.2. The van der Waals surface area contributed by atoms with Crippen LogP contribution in [0.15, 0.2) is 53.6 Å². The van der Waals surface area contributed by atoms with Gasteiger partial charge in [0.1, 0.15) is 11.9 Å². The van der Waals surface area contributed by atoms with Crippen LogP contribution in [0, 0.1) is 0 Å². The van der Waals surface area contributed by atoms with Crippen molar-refractivity contribution in [3.63, 3.8) is 0 Å². The summed E-state index contributed by atoms with van der Waals surface area (Å²) in [6.45, 7) is 0. The van der Waals surface area contributed by atoms with E-state index in [0.29, 0.717) is 5.69 Å². The third-order valence-electron chi connectivity index (χ3n) is 4.57. The fraction of sp³-hybridized carbons (Fsp3) is 0.158. The Labute approximate surface area is 160 Å². The topological polar surface area (TPSA) is 120 Å². The third kappa shape index (κ3) is 2.92. The van der Waals surface area contributed by atoms with Gasteiger partial charge in [0.25, 0.3) is 5.91 Å². The number of aromatic amines is 1. The van der Waals surface area contributed by atoms with Crippen LogP contribution in [0.2, 0.25) is 0 Å². The zero-order chi connectivity index (χ0) is 19.8. The largest absolute Gasteiger partial charge is 0.378 e. The van der Waals surface area contributed by atoms with Crippen LogP contribution < -0.4 is 26.5 Å². The van der Waals surface area contributed by atoms with Crippen LogP contribution in [-0.2, 0) is 0 Å². The number of hydrogen-bond acceptors (Lipinski definition) is 7. The fourth-order valence-corrected chi connectivity index (χ4v) is 3.25. The van der Waals surface area contributed by atoms with Gasteiger partial charge in [0.05, 0.1) is 29.0 Å². The number of anilines is 4. The van der Waals surface area contributed by atoms with Gasteiger partial charge in [-0.3, -0.25) is 14.8 Å². The van der Waals surface area contributed by atoms with Crippen LogP contribution in [0.1, 0.15) is 22.3 Å². The highest BCUT2D eigenvalue weighted by Crippen LogP contribution is 2.45. The van der Waals surface area contributed by atoms with E-state index in [1.54, 1.807) is 6.20 Å². The molecule has 28 heavy (non-hydrogen) atoms. The molecule has 1 amide bonds. The first-order valence-corrected chi connectivity index (χ1v) is 8.63. The van der Waals surface area contributed by atoms with Crippen molar-refractivity contribution >= 4 is 28.7 Å². The van der Waals surface area contributed by atoms with E-state index < -0.39 is 17.8 Å². The highest BCUT2D eigenvalue weighted by molar-refractivity contribution is 5.99. The molecule has 0 saturated carbocycles. The number of carbonyl (C=O) groups excluding carboxylic acids is 1. The monoisotopic (exact) mass is 377 g/mol. The quantitative estimate of drug-likeness (QED) is 0.631. The minimum absolute atomic E-state index is 0.00716. The summed E-state index contributed by atoms with van der Waals surface area (Å²) in [5, 5.41) is 3.42. The number of primary amides is 1. The maximum absolute atomic E-state index is 12.0. The van der Waals surface area contributed by atoms with Gasteiger partial charge in [-0.05, 0) is 24.3 Å². The Balaban J connectivity index is 1.90. The molecular weight excluding hydrogens is 358 g/mol. The van der Waals surface area contributed by atoms with E-state index >= 15 is 0 Å². The lowest BCUT2D eigenvalue weighted by Gasteiger charge is -2.27. The molecule has 0 fully saturated rings. The van der Waals surface area contributed by atoms with Gasteiger partial charge in [-0.15, -0.1) is 0 Å². The summed E-state index contributed by atoms with van der Waals surface area (Å²) in [4.78, 5) is 38.2. The molecule has 3 heterocycles. The van der Waals surface area contributed by atoms with Crippen molar-refractivity contribution in [2.24, 2.45) is 5.73 Å². The number of H-pyrrole nitrogens is 1. The SMILES string of the molecule is CN(C)c1ccnc(C2Nc3ccccc3N2c2cnc(=O)[nH]c2C(N)=O)c1. The average molecular weight is 377 g/mol. The van der Waals surface area contributed by atoms with Crippen LogP contribution in [0.25, 0.3) is 0 Å². The molecule has 142 valence electrons. The molecule has 0 spiro atoms. The van der Waals surface area contributed by atoms with Crippen LogP contribution in [-0.4, -0.2) is 35.0 Å². The lowest BCUT2D eigenvalue weighted by Crippen LogP contribution is -2.30. The molecule has 2 aromatic heterocycles. The maximum atomic E-state index is 12.0. The summed E-state index contributed by atoms with van der Waals surface area (Å²) in [6, 6.07) is 11.5. The van der Waals surface area contributed by atoms with E-state index in [0.717, 1.165) is 22.8 Å². The van der Waals surface area contributed by atoms with Gasteiger partial charge < -0.3 is 20.9 Å². The average Bonchev–Trinajstić information content (AvgIpc) is 3.07. The summed E-state index contributed by atoms with van der Waals surface area (Å²) in [7, 11) is 3.90. The highest BCUT2D eigenvalue weighted by Gasteiger charge is 2.34. The van der Waals surface area contributed by atoms with Gasteiger partial charge in [0.2, 0.25) is 0 Å².